The van der Waals surface area contributed by atoms with Crippen LogP contribution in [-0.2, 0) is 11.5 Å². The molecule has 0 atom stereocenters. The van der Waals surface area contributed by atoms with E-state index in [9.17, 15) is 4.79 Å². The van der Waals surface area contributed by atoms with Crippen LogP contribution in [0, 0.1) is 11.3 Å². The van der Waals surface area contributed by atoms with Crippen LogP contribution in [0.1, 0.15) is 15.9 Å². The third-order valence-corrected chi connectivity index (χ3v) is 7.11. The molecule has 0 aliphatic heterocycles. The van der Waals surface area contributed by atoms with Crippen LogP contribution in [0.2, 0.25) is 25.7 Å². The molecule has 1 amide bonds. The third kappa shape index (κ3) is 5.57. The van der Waals surface area contributed by atoms with Crippen molar-refractivity contribution < 1.29 is 9.53 Å². The van der Waals surface area contributed by atoms with Gasteiger partial charge < -0.3 is 10.1 Å². The molecule has 0 aliphatic carbocycles. The summed E-state index contributed by atoms with van der Waals surface area (Å²) in [5.74, 6) is -0.276. The van der Waals surface area contributed by atoms with Crippen LogP contribution in [0.5, 0.6) is 0 Å². The van der Waals surface area contributed by atoms with Gasteiger partial charge in [0.15, 0.2) is 0 Å². The van der Waals surface area contributed by atoms with Crippen molar-refractivity contribution in [1.82, 2.24) is 14.8 Å². The van der Waals surface area contributed by atoms with E-state index in [1.165, 1.54) is 0 Å². The maximum absolute atomic E-state index is 12.8. The van der Waals surface area contributed by atoms with Crippen molar-refractivity contribution >= 4 is 30.6 Å². The molecule has 7 nitrogen and oxygen atoms in total. The van der Waals surface area contributed by atoms with Crippen molar-refractivity contribution in [2.24, 2.45) is 0 Å². The van der Waals surface area contributed by atoms with Gasteiger partial charge in [-0.25, -0.2) is 4.68 Å². The maximum atomic E-state index is 12.8. The van der Waals surface area contributed by atoms with Crippen molar-refractivity contribution in [1.29, 1.82) is 5.26 Å². The molecule has 2 heterocycles. The molecule has 4 rings (SSSR count). The molecule has 0 saturated carbocycles. The summed E-state index contributed by atoms with van der Waals surface area (Å²) in [4.78, 5) is 17.0. The molecule has 8 heteroatoms. The van der Waals surface area contributed by atoms with Gasteiger partial charge in [0.2, 0.25) is 0 Å². The van der Waals surface area contributed by atoms with Gasteiger partial charge in [0, 0.05) is 49.3 Å². The van der Waals surface area contributed by atoms with Crippen LogP contribution in [0.15, 0.2) is 67.0 Å². The Morgan fingerprint density at radius 1 is 1.15 bits per heavy atom. The fourth-order valence-electron chi connectivity index (χ4n) is 3.53. The van der Waals surface area contributed by atoms with E-state index in [1.807, 2.05) is 35.0 Å². The number of nitrogens with one attached hydrogen (secondary N) is 1. The molecule has 2 aromatic heterocycles. The van der Waals surface area contributed by atoms with Crippen molar-refractivity contribution in [3.63, 3.8) is 0 Å². The standard InChI is InChI=1S/C26H27N5O2Si/c1-34(2,3)13-12-33-18-31-24-10-9-22(29-26(32)20-7-4-6-19(14-20)16-27)15-23(24)25(30-31)21-8-5-11-28-17-21/h4-11,14-15,17H,12-13,18H2,1-3H3,(H,29,32). The summed E-state index contributed by atoms with van der Waals surface area (Å²) in [5.41, 5.74) is 4.09. The normalized spacial score (nSPS) is 11.4. The Morgan fingerprint density at radius 2 is 2.00 bits per heavy atom. The fraction of sp³-hybridized carbons (Fsp3) is 0.231. The first kappa shape index (κ1) is 23.4. The highest BCUT2D eigenvalue weighted by Crippen LogP contribution is 2.30. The molecule has 4 aromatic rings. The van der Waals surface area contributed by atoms with Gasteiger partial charge in [0.05, 0.1) is 17.1 Å². The number of carbonyl (C=O) groups is 1. The highest BCUT2D eigenvalue weighted by atomic mass is 28.3. The van der Waals surface area contributed by atoms with E-state index >= 15 is 0 Å². The summed E-state index contributed by atoms with van der Waals surface area (Å²) in [6, 6.07) is 19.3. The summed E-state index contributed by atoms with van der Waals surface area (Å²) >= 11 is 0. The highest BCUT2D eigenvalue weighted by Gasteiger charge is 2.16. The molecule has 0 saturated heterocycles. The molecule has 0 radical (unpaired) electrons. The summed E-state index contributed by atoms with van der Waals surface area (Å²) < 4.78 is 7.80. The summed E-state index contributed by atoms with van der Waals surface area (Å²) in [5, 5.41) is 17.7. The highest BCUT2D eigenvalue weighted by molar-refractivity contribution is 6.76. The zero-order valence-electron chi connectivity index (χ0n) is 19.6. The van der Waals surface area contributed by atoms with Crippen LogP contribution >= 0.6 is 0 Å². The van der Waals surface area contributed by atoms with Crippen LogP contribution < -0.4 is 5.32 Å². The SMILES string of the molecule is C[Si](C)(C)CCOCn1nc(-c2cccnc2)c2cc(NC(=O)c3cccc(C#N)c3)ccc21. The average Bonchev–Trinajstić information content (AvgIpc) is 3.19. The Morgan fingerprint density at radius 3 is 2.74 bits per heavy atom. The number of aromatic nitrogens is 3. The number of fused-ring (bicyclic) bond motifs is 1. The maximum Gasteiger partial charge on any atom is 0.255 e. The number of rotatable bonds is 8. The first-order valence-corrected chi connectivity index (χ1v) is 14.8. The molecule has 0 aliphatic rings. The third-order valence-electron chi connectivity index (χ3n) is 5.41. The number of hydrogen-bond donors (Lipinski definition) is 1. The largest absolute Gasteiger partial charge is 0.360 e. The molecule has 0 spiro atoms. The minimum absolute atomic E-state index is 0.276. The van der Waals surface area contributed by atoms with Gasteiger partial charge >= 0.3 is 0 Å². The smallest absolute Gasteiger partial charge is 0.255 e. The van der Waals surface area contributed by atoms with Gasteiger partial charge in [-0.1, -0.05) is 25.7 Å². The molecular formula is C26H27N5O2Si. The van der Waals surface area contributed by atoms with Gasteiger partial charge in [0.25, 0.3) is 5.91 Å². The second kappa shape index (κ2) is 9.99. The second-order valence-electron chi connectivity index (χ2n) is 9.32. The number of pyridine rings is 1. The number of amides is 1. The average molecular weight is 470 g/mol. The van der Waals surface area contributed by atoms with Gasteiger partial charge in [-0.15, -0.1) is 0 Å². The molecule has 1 N–H and O–H groups in total. The quantitative estimate of drug-likeness (QED) is 0.270. The Bertz CT molecular complexity index is 1350. The lowest BCUT2D eigenvalue weighted by atomic mass is 10.1. The van der Waals surface area contributed by atoms with E-state index in [1.54, 1.807) is 36.7 Å². The number of hydrogen-bond acceptors (Lipinski definition) is 5. The number of carbonyl (C=O) groups excluding carboxylic acids is 1. The van der Waals surface area contributed by atoms with E-state index in [0.29, 0.717) is 30.2 Å². The summed E-state index contributed by atoms with van der Waals surface area (Å²) in [7, 11) is -1.17. The Balaban J connectivity index is 1.63. The van der Waals surface area contributed by atoms with Crippen molar-refractivity contribution in [3.05, 3.63) is 78.1 Å². The number of anilines is 1. The summed E-state index contributed by atoms with van der Waals surface area (Å²) in [6.45, 7) is 8.04. The van der Waals surface area contributed by atoms with Crippen molar-refractivity contribution in [2.45, 2.75) is 32.4 Å². The molecule has 0 fully saturated rings. The van der Waals surface area contributed by atoms with Crippen molar-refractivity contribution in [2.75, 3.05) is 11.9 Å². The monoisotopic (exact) mass is 469 g/mol. The van der Waals surface area contributed by atoms with Crippen LogP contribution in [-0.4, -0.2) is 35.4 Å². The van der Waals surface area contributed by atoms with Gasteiger partial charge in [-0.2, -0.15) is 10.4 Å². The lowest BCUT2D eigenvalue weighted by Gasteiger charge is -2.15. The van der Waals surface area contributed by atoms with E-state index in [-0.39, 0.29) is 5.91 Å². The molecule has 172 valence electrons. The fourth-order valence-corrected chi connectivity index (χ4v) is 4.29. The zero-order valence-corrected chi connectivity index (χ0v) is 20.6. The van der Waals surface area contributed by atoms with Crippen molar-refractivity contribution in [3.8, 4) is 17.3 Å². The van der Waals surface area contributed by atoms with Crippen LogP contribution in [0.4, 0.5) is 5.69 Å². The molecule has 2 aromatic carbocycles. The van der Waals surface area contributed by atoms with Crippen LogP contribution in [0.25, 0.3) is 22.2 Å². The number of nitriles is 1. The number of benzene rings is 2. The molecular weight excluding hydrogens is 442 g/mol. The van der Waals surface area contributed by atoms with Gasteiger partial charge in [-0.3, -0.25) is 9.78 Å². The van der Waals surface area contributed by atoms with Crippen LogP contribution in [0.3, 0.4) is 0 Å². The minimum atomic E-state index is -1.17. The Labute approximate surface area is 200 Å². The lowest BCUT2D eigenvalue weighted by molar-refractivity contribution is 0.0818. The number of ether oxygens (including phenoxy) is 1. The van der Waals surface area contributed by atoms with Gasteiger partial charge in [0.1, 0.15) is 12.4 Å². The predicted molar refractivity (Wildman–Crippen MR) is 136 cm³/mol. The molecule has 34 heavy (non-hydrogen) atoms. The topological polar surface area (TPSA) is 92.8 Å². The van der Waals surface area contributed by atoms with E-state index in [2.05, 4.69) is 36.0 Å². The zero-order chi connectivity index (χ0) is 24.1. The summed E-state index contributed by atoms with van der Waals surface area (Å²) in [6.07, 6.45) is 3.50. The first-order chi connectivity index (χ1) is 16.3. The molecule has 0 unspecified atom stereocenters. The lowest BCUT2D eigenvalue weighted by Crippen LogP contribution is -2.22. The number of nitrogens with zero attached hydrogens (tertiary/aromatic N) is 4. The minimum Gasteiger partial charge on any atom is -0.360 e. The Kier molecular flexibility index (Phi) is 6.87. The second-order valence-corrected chi connectivity index (χ2v) is 14.9. The van der Waals surface area contributed by atoms with Gasteiger partial charge in [-0.05, 0) is 54.6 Å². The predicted octanol–water partition coefficient (Wildman–Crippen LogP) is 5.53. The van der Waals surface area contributed by atoms with E-state index in [0.717, 1.165) is 28.2 Å². The Hall–Kier alpha value is -3.80. The molecule has 0 bridgehead atoms. The van der Waals surface area contributed by atoms with E-state index in [4.69, 9.17) is 15.1 Å². The first-order valence-electron chi connectivity index (χ1n) is 11.1. The van der Waals surface area contributed by atoms with E-state index < -0.39 is 8.07 Å².